The maximum atomic E-state index is 15.8. The van der Waals surface area contributed by atoms with Crippen LogP contribution in [0, 0.1) is 17.6 Å². The van der Waals surface area contributed by atoms with Gasteiger partial charge in [-0.25, -0.2) is 37.1 Å². The second-order valence-corrected chi connectivity index (χ2v) is 17.2. The van der Waals surface area contributed by atoms with Gasteiger partial charge in [0, 0.05) is 43.5 Å². The molecule has 0 unspecified atom stereocenters. The van der Waals surface area contributed by atoms with Gasteiger partial charge in [-0.15, -0.1) is 0 Å². The van der Waals surface area contributed by atoms with Gasteiger partial charge >= 0.3 is 11.7 Å². The molecule has 60 heavy (non-hydrogen) atoms. The topological polar surface area (TPSA) is 198 Å². The van der Waals surface area contributed by atoms with Crippen molar-refractivity contribution in [3.05, 3.63) is 135 Å². The molecule has 2 saturated carbocycles. The lowest BCUT2D eigenvalue weighted by Gasteiger charge is -2.50. The van der Waals surface area contributed by atoms with E-state index in [1.54, 1.807) is 54.7 Å². The van der Waals surface area contributed by atoms with Gasteiger partial charge in [0.15, 0.2) is 6.79 Å². The molecule has 3 fully saturated rings. The SMILES string of the molecule is Cn1c(=O)n(-c2ccc(C[C@H](NC(=O)c3cc(F)c(NS4(c5ccc(N(N)/C=C(\N)C6CC6)cc5)OCO4)cc3F)C(=O)OC3CCCCC3)cc2)c(=O)c2ccncc21. The van der Waals surface area contributed by atoms with Crippen LogP contribution in [0.4, 0.5) is 20.2 Å². The van der Waals surface area contributed by atoms with Crippen LogP contribution in [0.3, 0.4) is 0 Å². The fraction of sp³-hybridized carbons (Fsp3) is 0.310. The van der Waals surface area contributed by atoms with Crippen molar-refractivity contribution in [1.82, 2.24) is 19.4 Å². The van der Waals surface area contributed by atoms with Gasteiger partial charge < -0.3 is 15.8 Å². The van der Waals surface area contributed by atoms with Crippen LogP contribution in [0.5, 0.6) is 0 Å². The molecule has 18 heteroatoms. The van der Waals surface area contributed by atoms with E-state index in [4.69, 9.17) is 24.7 Å². The molecule has 0 spiro atoms. The Bertz CT molecular complexity index is 2590. The van der Waals surface area contributed by atoms with Crippen LogP contribution in [-0.4, -0.2) is 44.9 Å². The molecular formula is C42H44F2N8O7S. The predicted octanol–water partition coefficient (Wildman–Crippen LogP) is 5.49. The van der Waals surface area contributed by atoms with Crippen LogP contribution >= 0.6 is 10.8 Å². The molecule has 2 aromatic heterocycles. The number of rotatable bonds is 13. The molecule has 0 bridgehead atoms. The number of halogens is 2. The number of hydrogen-bond donors (Lipinski definition) is 4. The van der Waals surface area contributed by atoms with Crippen molar-refractivity contribution in [2.24, 2.45) is 24.5 Å². The van der Waals surface area contributed by atoms with Crippen LogP contribution in [0.2, 0.25) is 0 Å². The van der Waals surface area contributed by atoms with Crippen molar-refractivity contribution < 1.29 is 31.5 Å². The molecule has 0 radical (unpaired) electrons. The summed E-state index contributed by atoms with van der Waals surface area (Å²) in [6, 6.07) is 14.9. The second-order valence-electron chi connectivity index (χ2n) is 15.0. The number of carbonyl (C=O) groups excluding carboxylic acids is 2. The Hall–Kier alpha value is -6.08. The third-order valence-electron chi connectivity index (χ3n) is 10.9. The zero-order chi connectivity index (χ0) is 42.1. The highest BCUT2D eigenvalue weighted by atomic mass is 32.3. The first kappa shape index (κ1) is 40.7. The number of aromatic nitrogens is 3. The largest absolute Gasteiger partial charge is 0.461 e. The van der Waals surface area contributed by atoms with Gasteiger partial charge in [0.25, 0.3) is 11.5 Å². The van der Waals surface area contributed by atoms with E-state index in [-0.39, 0.29) is 30.7 Å². The Morgan fingerprint density at radius 3 is 2.38 bits per heavy atom. The molecule has 1 atom stereocenters. The molecule has 1 amide bonds. The van der Waals surface area contributed by atoms with E-state index in [1.165, 1.54) is 35.1 Å². The Morgan fingerprint density at radius 2 is 1.72 bits per heavy atom. The molecule has 1 aliphatic heterocycles. The number of nitrogens with two attached hydrogens (primary N) is 2. The Kier molecular flexibility index (Phi) is 11.4. The van der Waals surface area contributed by atoms with Crippen LogP contribution in [0.1, 0.15) is 60.9 Å². The number of pyridine rings is 1. The summed E-state index contributed by atoms with van der Waals surface area (Å²) >= 11 is 0. The first-order valence-corrected chi connectivity index (χ1v) is 21.1. The molecule has 1 saturated heterocycles. The van der Waals surface area contributed by atoms with Crippen molar-refractivity contribution in [2.75, 3.05) is 16.5 Å². The third-order valence-corrected chi connectivity index (χ3v) is 13.1. The maximum absolute atomic E-state index is 15.8. The summed E-state index contributed by atoms with van der Waals surface area (Å²) in [5.41, 5.74) is 6.56. The minimum Gasteiger partial charge on any atom is -0.461 e. The predicted molar refractivity (Wildman–Crippen MR) is 221 cm³/mol. The van der Waals surface area contributed by atoms with Gasteiger partial charge in [-0.1, -0.05) is 29.3 Å². The highest BCUT2D eigenvalue weighted by Crippen LogP contribution is 2.63. The zero-order valence-electron chi connectivity index (χ0n) is 32.6. The van der Waals surface area contributed by atoms with E-state index in [0.29, 0.717) is 51.5 Å². The summed E-state index contributed by atoms with van der Waals surface area (Å²) < 4.78 is 54.1. The van der Waals surface area contributed by atoms with Gasteiger partial charge in [0.1, 0.15) is 23.8 Å². The number of carbonyl (C=O) groups is 2. The van der Waals surface area contributed by atoms with Crippen molar-refractivity contribution in [1.29, 1.82) is 0 Å². The number of ether oxygens (including phenoxy) is 1. The van der Waals surface area contributed by atoms with Gasteiger partial charge in [0.2, 0.25) is 0 Å². The zero-order valence-corrected chi connectivity index (χ0v) is 33.5. The molecule has 3 heterocycles. The van der Waals surface area contributed by atoms with Crippen LogP contribution < -0.4 is 37.9 Å². The fourth-order valence-electron chi connectivity index (χ4n) is 7.29. The molecule has 314 valence electrons. The van der Waals surface area contributed by atoms with Crippen molar-refractivity contribution in [3.8, 4) is 5.69 Å². The number of esters is 1. The number of hydrogen-bond acceptors (Lipinski definition) is 12. The summed E-state index contributed by atoms with van der Waals surface area (Å²) in [6.45, 7) is -0.0856. The quantitative estimate of drug-likeness (QED) is 0.0662. The molecular weight excluding hydrogens is 799 g/mol. The van der Waals surface area contributed by atoms with Gasteiger partial charge in [0.05, 0.1) is 44.6 Å². The summed E-state index contributed by atoms with van der Waals surface area (Å²) in [5.74, 6) is 2.70. The van der Waals surface area contributed by atoms with Crippen LogP contribution in [0.25, 0.3) is 16.6 Å². The molecule has 2 aliphatic carbocycles. The lowest BCUT2D eigenvalue weighted by molar-refractivity contribution is -0.152. The average molecular weight is 843 g/mol. The average Bonchev–Trinajstić information content (AvgIpc) is 4.09. The fourth-order valence-corrected chi connectivity index (χ4v) is 9.03. The van der Waals surface area contributed by atoms with Gasteiger partial charge in [-0.3, -0.25) is 28.9 Å². The van der Waals surface area contributed by atoms with Crippen molar-refractivity contribution >= 4 is 44.9 Å². The van der Waals surface area contributed by atoms with E-state index in [0.717, 1.165) is 48.8 Å². The number of hydrazine groups is 1. The molecule has 3 aliphatic rings. The van der Waals surface area contributed by atoms with E-state index < -0.39 is 57.1 Å². The number of anilines is 2. The maximum Gasteiger partial charge on any atom is 0.335 e. The monoisotopic (exact) mass is 842 g/mol. The lowest BCUT2D eigenvalue weighted by Crippen LogP contribution is -2.45. The molecule has 15 nitrogen and oxygen atoms in total. The van der Waals surface area contributed by atoms with Crippen molar-refractivity contribution in [2.45, 2.75) is 68.4 Å². The normalized spacial score (nSPS) is 17.6. The number of amides is 1. The Balaban J connectivity index is 1.00. The summed E-state index contributed by atoms with van der Waals surface area (Å²) in [5, 5.41) is 4.27. The number of nitrogens with one attached hydrogen (secondary N) is 2. The number of benzene rings is 3. The first-order valence-electron chi connectivity index (χ1n) is 19.6. The van der Waals surface area contributed by atoms with Crippen LogP contribution in [-0.2, 0) is 31.4 Å². The minimum atomic E-state index is -2.74. The second kappa shape index (κ2) is 16.9. The summed E-state index contributed by atoms with van der Waals surface area (Å²) in [6.07, 6.45) is 10.3. The Morgan fingerprint density at radius 1 is 1.00 bits per heavy atom. The van der Waals surface area contributed by atoms with E-state index in [1.807, 2.05) is 0 Å². The van der Waals surface area contributed by atoms with Gasteiger partial charge in [-0.05, 0) is 92.6 Å². The third kappa shape index (κ3) is 8.36. The number of allylic oxidation sites excluding steroid dienone is 1. The number of fused-ring (bicyclic) bond motifs is 1. The minimum absolute atomic E-state index is 0.0856. The van der Waals surface area contributed by atoms with Crippen LogP contribution in [0.15, 0.2) is 106 Å². The highest BCUT2D eigenvalue weighted by Gasteiger charge is 2.35. The summed E-state index contributed by atoms with van der Waals surface area (Å²) in [4.78, 5) is 58.4. The van der Waals surface area contributed by atoms with Crippen molar-refractivity contribution in [3.63, 3.8) is 0 Å². The standard InChI is InChI=1S/C42H44F2N8O7S/c1-50-38-22-47-18-17-31(38)40(54)52(42(50)56)28-11-7-25(8-12-28)19-37(41(55)59-29-5-3-2-4-6-29)48-39(53)32-20-34(44)36(21-33(32)43)49-60(57-24-58-60)30-15-13-27(14-16-30)51(46)23-35(45)26-9-10-26/h7-8,11-18,20-23,26,29,37,49H,2-6,9-10,19,24,45-46H2,1H3,(H,48,53)/b35-23-/t37-/m0/s1. The summed E-state index contributed by atoms with van der Waals surface area (Å²) in [7, 11) is -1.21. The smallest absolute Gasteiger partial charge is 0.335 e. The van der Waals surface area contributed by atoms with Gasteiger partial charge in [-0.2, -0.15) is 0 Å². The first-order chi connectivity index (χ1) is 28.9. The number of aryl methyl sites for hydroxylation is 1. The molecule has 6 N–H and O–H groups in total. The highest BCUT2D eigenvalue weighted by molar-refractivity contribution is 8.27. The molecule has 3 aromatic carbocycles. The van der Waals surface area contributed by atoms with E-state index in [9.17, 15) is 19.2 Å². The Labute approximate surface area is 344 Å². The molecule has 8 rings (SSSR count). The molecule has 5 aromatic rings. The van der Waals surface area contributed by atoms with E-state index >= 15 is 8.78 Å². The number of nitrogens with zero attached hydrogens (tertiary/aromatic N) is 4. The van der Waals surface area contributed by atoms with E-state index in [2.05, 4.69) is 15.0 Å². The lowest BCUT2D eigenvalue weighted by atomic mass is 9.97.